The molecule has 1 atom stereocenters. The molecular formula is C24H31N3O6. The second-order valence-corrected chi connectivity index (χ2v) is 8.53. The molecule has 2 heterocycles. The van der Waals surface area contributed by atoms with Crippen molar-refractivity contribution >= 4 is 11.8 Å². The molecule has 1 aromatic heterocycles. The van der Waals surface area contributed by atoms with Crippen molar-refractivity contribution < 1.29 is 28.3 Å². The maximum atomic E-state index is 13.3. The maximum Gasteiger partial charge on any atom is 0.276 e. The molecule has 9 heteroatoms. The number of hydrogen-bond donors (Lipinski definition) is 1. The molecule has 0 unspecified atom stereocenters. The summed E-state index contributed by atoms with van der Waals surface area (Å²) < 4.78 is 21.9. The van der Waals surface area contributed by atoms with Crippen molar-refractivity contribution in [1.29, 1.82) is 0 Å². The van der Waals surface area contributed by atoms with E-state index in [9.17, 15) is 9.59 Å². The van der Waals surface area contributed by atoms with E-state index in [1.807, 2.05) is 0 Å². The van der Waals surface area contributed by atoms with E-state index in [1.54, 1.807) is 43.4 Å². The minimum absolute atomic E-state index is 0.0340. The number of nitrogens with one attached hydrogen (secondary N) is 1. The van der Waals surface area contributed by atoms with Crippen molar-refractivity contribution in [2.45, 2.75) is 38.2 Å². The first-order chi connectivity index (χ1) is 16.1. The Hall–Kier alpha value is -3.07. The fourth-order valence-electron chi connectivity index (χ4n) is 3.89. The Morgan fingerprint density at radius 3 is 2.73 bits per heavy atom. The van der Waals surface area contributed by atoms with E-state index >= 15 is 0 Å². The van der Waals surface area contributed by atoms with E-state index in [0.717, 1.165) is 12.8 Å². The Balaban J connectivity index is 1.47. The molecular weight excluding hydrogens is 426 g/mol. The number of ether oxygens (including phenoxy) is 3. The van der Waals surface area contributed by atoms with Crippen LogP contribution in [0.5, 0.6) is 11.5 Å². The molecule has 2 amide bonds. The number of methoxy groups -OCH3 is 2. The monoisotopic (exact) mass is 457 g/mol. The fraction of sp³-hybridized carbons (Fsp3) is 0.542. The summed E-state index contributed by atoms with van der Waals surface area (Å²) in [5.74, 6) is 1.88. The maximum absolute atomic E-state index is 13.3. The zero-order valence-corrected chi connectivity index (χ0v) is 19.2. The summed E-state index contributed by atoms with van der Waals surface area (Å²) in [6.45, 7) is 2.12. The number of carbonyl (C=O) groups excluding carboxylic acids is 2. The molecule has 0 radical (unpaired) electrons. The first-order valence-electron chi connectivity index (χ1n) is 11.4. The van der Waals surface area contributed by atoms with E-state index < -0.39 is 0 Å². The number of carbonyl (C=O) groups is 2. The standard InChI is InChI=1S/C24H31N3O6/c1-30-17-7-8-21(31-2)19(12-17)22-13-20(26-33-22)24(29)27(15-18-4-3-11-32-18)10-9-23(28)25-14-16-5-6-16/h7-8,12-13,16,18H,3-6,9-11,14-15H2,1-2H3,(H,25,28)/t18-/m1/s1. The molecule has 1 aliphatic heterocycles. The van der Waals surface area contributed by atoms with Gasteiger partial charge in [0.25, 0.3) is 5.91 Å². The summed E-state index contributed by atoms with van der Waals surface area (Å²) in [4.78, 5) is 27.2. The van der Waals surface area contributed by atoms with Gasteiger partial charge in [0.15, 0.2) is 11.5 Å². The molecule has 9 nitrogen and oxygen atoms in total. The molecule has 1 aliphatic carbocycles. The van der Waals surface area contributed by atoms with Crippen LogP contribution in [0.25, 0.3) is 11.3 Å². The van der Waals surface area contributed by atoms with Gasteiger partial charge in [-0.3, -0.25) is 9.59 Å². The third-order valence-corrected chi connectivity index (χ3v) is 6.03. The molecule has 1 N–H and O–H groups in total. The number of nitrogens with zero attached hydrogens (tertiary/aromatic N) is 2. The number of hydrogen-bond acceptors (Lipinski definition) is 7. The Morgan fingerprint density at radius 2 is 2.03 bits per heavy atom. The minimum atomic E-state index is -0.294. The predicted molar refractivity (Wildman–Crippen MR) is 120 cm³/mol. The highest BCUT2D eigenvalue weighted by Crippen LogP contribution is 2.34. The van der Waals surface area contributed by atoms with Crippen LogP contribution in [-0.2, 0) is 9.53 Å². The van der Waals surface area contributed by atoms with Crippen molar-refractivity contribution in [3.63, 3.8) is 0 Å². The van der Waals surface area contributed by atoms with Crippen LogP contribution in [0, 0.1) is 5.92 Å². The largest absolute Gasteiger partial charge is 0.497 e. The Labute approximate surface area is 193 Å². The van der Waals surface area contributed by atoms with Gasteiger partial charge in [-0.05, 0) is 49.8 Å². The van der Waals surface area contributed by atoms with Crippen LogP contribution in [0.2, 0.25) is 0 Å². The first kappa shape index (κ1) is 23.1. The number of rotatable bonds is 11. The molecule has 2 aromatic rings. The van der Waals surface area contributed by atoms with Crippen molar-refractivity contribution in [2.75, 3.05) is 40.5 Å². The van der Waals surface area contributed by atoms with Gasteiger partial charge < -0.3 is 29.0 Å². The molecule has 1 saturated carbocycles. The summed E-state index contributed by atoms with van der Waals surface area (Å²) in [5, 5.41) is 6.96. The first-order valence-corrected chi connectivity index (χ1v) is 11.4. The van der Waals surface area contributed by atoms with Gasteiger partial charge in [-0.15, -0.1) is 0 Å². The topological polar surface area (TPSA) is 103 Å². The molecule has 1 aromatic carbocycles. The van der Waals surface area contributed by atoms with E-state index in [-0.39, 0.29) is 30.0 Å². The average Bonchev–Trinajstić information content (AvgIpc) is 3.30. The van der Waals surface area contributed by atoms with Crippen LogP contribution in [0.4, 0.5) is 0 Å². The van der Waals surface area contributed by atoms with Gasteiger partial charge in [-0.2, -0.15) is 0 Å². The van der Waals surface area contributed by atoms with Crippen LogP contribution in [0.3, 0.4) is 0 Å². The lowest BCUT2D eigenvalue weighted by Gasteiger charge is -2.24. The van der Waals surface area contributed by atoms with Gasteiger partial charge in [0.05, 0.1) is 25.9 Å². The third-order valence-electron chi connectivity index (χ3n) is 6.03. The summed E-state index contributed by atoms with van der Waals surface area (Å²) in [6, 6.07) is 6.90. The smallest absolute Gasteiger partial charge is 0.276 e. The summed E-state index contributed by atoms with van der Waals surface area (Å²) in [5.41, 5.74) is 0.805. The lowest BCUT2D eigenvalue weighted by atomic mass is 10.1. The van der Waals surface area contributed by atoms with Crippen LogP contribution in [0.1, 0.15) is 42.6 Å². The molecule has 178 valence electrons. The molecule has 2 fully saturated rings. The highest BCUT2D eigenvalue weighted by atomic mass is 16.5. The summed E-state index contributed by atoms with van der Waals surface area (Å²) in [7, 11) is 3.13. The predicted octanol–water partition coefficient (Wildman–Crippen LogP) is 2.90. The van der Waals surface area contributed by atoms with Gasteiger partial charge in [-0.25, -0.2) is 0 Å². The molecule has 33 heavy (non-hydrogen) atoms. The van der Waals surface area contributed by atoms with Gasteiger partial charge in [0.2, 0.25) is 5.91 Å². The SMILES string of the molecule is COc1ccc(OC)c(-c2cc(C(=O)N(CCC(=O)NCC3CC3)C[C@H]3CCCO3)no2)c1. The van der Waals surface area contributed by atoms with Crippen molar-refractivity contribution in [3.8, 4) is 22.8 Å². The zero-order valence-electron chi connectivity index (χ0n) is 19.2. The minimum Gasteiger partial charge on any atom is -0.497 e. The molecule has 1 saturated heterocycles. The quantitative estimate of drug-likeness (QED) is 0.553. The normalized spacial score (nSPS) is 17.6. The number of aromatic nitrogens is 1. The molecule has 2 aliphatic rings. The van der Waals surface area contributed by atoms with Gasteiger partial charge in [0.1, 0.15) is 11.5 Å². The van der Waals surface area contributed by atoms with E-state index in [4.69, 9.17) is 18.7 Å². The lowest BCUT2D eigenvalue weighted by molar-refractivity contribution is -0.121. The molecule has 4 rings (SSSR count). The second-order valence-electron chi connectivity index (χ2n) is 8.53. The van der Waals surface area contributed by atoms with Crippen LogP contribution >= 0.6 is 0 Å². The van der Waals surface area contributed by atoms with Crippen molar-refractivity contribution in [3.05, 3.63) is 30.0 Å². The van der Waals surface area contributed by atoms with Gasteiger partial charge in [-0.1, -0.05) is 5.16 Å². The van der Waals surface area contributed by atoms with E-state index in [1.165, 1.54) is 12.8 Å². The second kappa shape index (κ2) is 10.7. The highest BCUT2D eigenvalue weighted by Gasteiger charge is 2.27. The van der Waals surface area contributed by atoms with Crippen LogP contribution < -0.4 is 14.8 Å². The Morgan fingerprint density at radius 1 is 1.18 bits per heavy atom. The van der Waals surface area contributed by atoms with Gasteiger partial charge in [0, 0.05) is 38.7 Å². The van der Waals surface area contributed by atoms with Crippen molar-refractivity contribution in [2.24, 2.45) is 5.92 Å². The zero-order chi connectivity index (χ0) is 23.2. The van der Waals surface area contributed by atoms with E-state index in [2.05, 4.69) is 10.5 Å². The van der Waals surface area contributed by atoms with Gasteiger partial charge >= 0.3 is 0 Å². The van der Waals surface area contributed by atoms with Crippen molar-refractivity contribution in [1.82, 2.24) is 15.4 Å². The Bertz CT molecular complexity index is 965. The van der Waals surface area contributed by atoms with Crippen LogP contribution in [0.15, 0.2) is 28.8 Å². The third kappa shape index (κ3) is 6.04. The number of benzene rings is 1. The average molecular weight is 458 g/mol. The lowest BCUT2D eigenvalue weighted by Crippen LogP contribution is -2.40. The fourth-order valence-corrected chi connectivity index (χ4v) is 3.89. The van der Waals surface area contributed by atoms with Crippen LogP contribution in [-0.4, -0.2) is 68.4 Å². The summed E-state index contributed by atoms with van der Waals surface area (Å²) >= 11 is 0. The summed E-state index contributed by atoms with van der Waals surface area (Å²) in [6.07, 6.45) is 4.42. The number of amides is 2. The van der Waals surface area contributed by atoms with E-state index in [0.29, 0.717) is 55.0 Å². The molecule has 0 spiro atoms. The Kier molecular flexibility index (Phi) is 7.49. The highest BCUT2D eigenvalue weighted by molar-refractivity contribution is 5.93. The molecule has 0 bridgehead atoms.